The highest BCUT2D eigenvalue weighted by molar-refractivity contribution is 4.80. The summed E-state index contributed by atoms with van der Waals surface area (Å²) in [6.45, 7) is 13.1. The molecule has 3 heteroatoms. The molecule has 1 rings (SSSR count). The normalized spacial score (nSPS) is 22.1. The first-order valence-electron chi connectivity index (χ1n) is 6.75. The average molecular weight is 228 g/mol. The van der Waals surface area contributed by atoms with Gasteiger partial charge in [0.25, 0.3) is 0 Å². The van der Waals surface area contributed by atoms with Gasteiger partial charge in [-0.25, -0.2) is 0 Å². The summed E-state index contributed by atoms with van der Waals surface area (Å²) in [6, 6.07) is 0.713. The number of hydrogen-bond acceptors (Lipinski definition) is 3. The summed E-state index contributed by atoms with van der Waals surface area (Å²) < 4.78 is 5.61. The fraction of sp³-hybridized carbons (Fsp3) is 1.00. The quantitative estimate of drug-likeness (QED) is 0.640. The number of nitrogens with one attached hydrogen (secondary N) is 1. The summed E-state index contributed by atoms with van der Waals surface area (Å²) >= 11 is 0. The molecule has 0 saturated carbocycles. The molecule has 0 aromatic carbocycles. The van der Waals surface area contributed by atoms with Crippen LogP contribution in [0.15, 0.2) is 0 Å². The predicted octanol–water partition coefficient (Wildman–Crippen LogP) is 1.73. The number of likely N-dealkylation sites (tertiary alicyclic amines) is 1. The van der Waals surface area contributed by atoms with Gasteiger partial charge in [-0.1, -0.05) is 20.8 Å². The van der Waals surface area contributed by atoms with Gasteiger partial charge in [-0.15, -0.1) is 0 Å². The highest BCUT2D eigenvalue weighted by atomic mass is 16.5. The highest BCUT2D eigenvalue weighted by Gasteiger charge is 2.20. The van der Waals surface area contributed by atoms with Crippen molar-refractivity contribution in [3.8, 4) is 0 Å². The smallest absolute Gasteiger partial charge is 0.0593 e. The average Bonchev–Trinajstić information content (AvgIpc) is 2.69. The first kappa shape index (κ1) is 13.9. The molecule has 0 aromatic rings. The Morgan fingerprint density at radius 3 is 2.94 bits per heavy atom. The number of hydrogen-bond donors (Lipinski definition) is 1. The first-order chi connectivity index (χ1) is 7.72. The molecule has 0 amide bonds. The third kappa shape index (κ3) is 5.83. The van der Waals surface area contributed by atoms with Crippen LogP contribution in [0.3, 0.4) is 0 Å². The Bertz CT molecular complexity index is 173. The minimum Gasteiger partial charge on any atom is -0.380 e. The van der Waals surface area contributed by atoms with Gasteiger partial charge in [0.15, 0.2) is 0 Å². The maximum atomic E-state index is 5.61. The highest BCUT2D eigenvalue weighted by Crippen LogP contribution is 2.08. The molecule has 1 fully saturated rings. The molecule has 3 nitrogen and oxygen atoms in total. The number of nitrogens with zero attached hydrogens (tertiary/aromatic N) is 1. The van der Waals surface area contributed by atoms with Crippen LogP contribution < -0.4 is 5.32 Å². The zero-order chi connectivity index (χ0) is 11.8. The van der Waals surface area contributed by atoms with Crippen LogP contribution in [0.2, 0.25) is 0 Å². The van der Waals surface area contributed by atoms with Crippen molar-refractivity contribution < 1.29 is 4.74 Å². The van der Waals surface area contributed by atoms with Gasteiger partial charge in [-0.05, 0) is 31.8 Å². The summed E-state index contributed by atoms with van der Waals surface area (Å²) in [6.07, 6.45) is 2.53. The fourth-order valence-corrected chi connectivity index (χ4v) is 2.06. The van der Waals surface area contributed by atoms with Crippen molar-refractivity contribution >= 4 is 0 Å². The monoisotopic (exact) mass is 228 g/mol. The van der Waals surface area contributed by atoms with Crippen molar-refractivity contribution in [1.82, 2.24) is 10.2 Å². The van der Waals surface area contributed by atoms with Crippen molar-refractivity contribution in [2.45, 2.75) is 39.7 Å². The Balaban J connectivity index is 1.98. The predicted molar refractivity (Wildman–Crippen MR) is 68.8 cm³/mol. The molecule has 0 aliphatic carbocycles. The van der Waals surface area contributed by atoms with Gasteiger partial charge in [0, 0.05) is 25.7 Å². The fourth-order valence-electron chi connectivity index (χ4n) is 2.06. The molecule has 1 aliphatic rings. The molecule has 1 saturated heterocycles. The van der Waals surface area contributed by atoms with Gasteiger partial charge < -0.3 is 10.1 Å². The standard InChI is InChI=1S/C13H28N2O/c1-4-6-14-13-5-7-15(10-13)8-9-16-11-12(2)3/h12-14H,4-11H2,1-3H3. The van der Waals surface area contributed by atoms with Crippen molar-refractivity contribution in [2.75, 3.05) is 39.4 Å². The molecule has 1 N–H and O–H groups in total. The van der Waals surface area contributed by atoms with Crippen molar-refractivity contribution in [1.29, 1.82) is 0 Å². The van der Waals surface area contributed by atoms with Crippen LogP contribution in [0, 0.1) is 5.92 Å². The van der Waals surface area contributed by atoms with Gasteiger partial charge in [0.2, 0.25) is 0 Å². The second kappa shape index (κ2) is 8.04. The van der Waals surface area contributed by atoms with Crippen LogP contribution >= 0.6 is 0 Å². The lowest BCUT2D eigenvalue weighted by molar-refractivity contribution is 0.0907. The maximum Gasteiger partial charge on any atom is 0.0593 e. The van der Waals surface area contributed by atoms with Crippen molar-refractivity contribution in [2.24, 2.45) is 5.92 Å². The van der Waals surface area contributed by atoms with E-state index in [0.29, 0.717) is 12.0 Å². The molecule has 16 heavy (non-hydrogen) atoms. The van der Waals surface area contributed by atoms with Crippen molar-refractivity contribution in [3.63, 3.8) is 0 Å². The lowest BCUT2D eigenvalue weighted by atomic mass is 10.2. The van der Waals surface area contributed by atoms with Crippen LogP contribution in [0.25, 0.3) is 0 Å². The zero-order valence-corrected chi connectivity index (χ0v) is 11.2. The van der Waals surface area contributed by atoms with Gasteiger partial charge in [-0.2, -0.15) is 0 Å². The van der Waals surface area contributed by atoms with Crippen LogP contribution in [-0.2, 0) is 4.74 Å². The van der Waals surface area contributed by atoms with Gasteiger partial charge in [-0.3, -0.25) is 4.90 Å². The van der Waals surface area contributed by atoms with Crippen LogP contribution in [0.4, 0.5) is 0 Å². The van der Waals surface area contributed by atoms with Crippen LogP contribution in [0.5, 0.6) is 0 Å². The number of ether oxygens (including phenoxy) is 1. The molecule has 1 atom stereocenters. The van der Waals surface area contributed by atoms with Gasteiger partial charge in [0.05, 0.1) is 6.61 Å². The maximum absolute atomic E-state index is 5.61. The van der Waals surface area contributed by atoms with E-state index in [9.17, 15) is 0 Å². The van der Waals surface area contributed by atoms with Crippen LogP contribution in [0.1, 0.15) is 33.6 Å². The second-order valence-corrected chi connectivity index (χ2v) is 5.21. The Morgan fingerprint density at radius 2 is 2.25 bits per heavy atom. The van der Waals surface area contributed by atoms with E-state index in [2.05, 4.69) is 31.0 Å². The van der Waals surface area contributed by atoms with E-state index < -0.39 is 0 Å². The topological polar surface area (TPSA) is 24.5 Å². The van der Waals surface area contributed by atoms with E-state index in [0.717, 1.165) is 26.3 Å². The van der Waals surface area contributed by atoms with E-state index in [1.807, 2.05) is 0 Å². The summed E-state index contributed by atoms with van der Waals surface area (Å²) in [5.41, 5.74) is 0. The third-order valence-electron chi connectivity index (χ3n) is 2.96. The summed E-state index contributed by atoms with van der Waals surface area (Å²) in [4.78, 5) is 2.51. The molecule has 0 spiro atoms. The molecular formula is C13H28N2O. The van der Waals surface area contributed by atoms with Crippen molar-refractivity contribution in [3.05, 3.63) is 0 Å². The van der Waals surface area contributed by atoms with Gasteiger partial charge >= 0.3 is 0 Å². The largest absolute Gasteiger partial charge is 0.380 e. The number of rotatable bonds is 8. The summed E-state index contributed by atoms with van der Waals surface area (Å²) in [5.74, 6) is 0.651. The molecule has 0 bridgehead atoms. The summed E-state index contributed by atoms with van der Waals surface area (Å²) in [7, 11) is 0. The van der Waals surface area contributed by atoms with Gasteiger partial charge in [0.1, 0.15) is 0 Å². The minimum absolute atomic E-state index is 0.651. The zero-order valence-electron chi connectivity index (χ0n) is 11.2. The Kier molecular flexibility index (Phi) is 7.01. The first-order valence-corrected chi connectivity index (χ1v) is 6.75. The van der Waals surface area contributed by atoms with E-state index in [4.69, 9.17) is 4.74 Å². The minimum atomic E-state index is 0.651. The molecule has 1 aliphatic heterocycles. The Hall–Kier alpha value is -0.120. The molecule has 1 unspecified atom stereocenters. The van der Waals surface area contributed by atoms with Crippen LogP contribution in [-0.4, -0.2) is 50.3 Å². The molecule has 0 aromatic heterocycles. The SMILES string of the molecule is CCCNC1CCN(CCOCC(C)C)C1. The lowest BCUT2D eigenvalue weighted by Gasteiger charge is -2.17. The van der Waals surface area contributed by atoms with E-state index in [1.165, 1.54) is 25.9 Å². The molecule has 96 valence electrons. The van der Waals surface area contributed by atoms with E-state index in [1.54, 1.807) is 0 Å². The molecular weight excluding hydrogens is 200 g/mol. The third-order valence-corrected chi connectivity index (χ3v) is 2.96. The Labute approximate surface area is 101 Å². The second-order valence-electron chi connectivity index (χ2n) is 5.21. The summed E-state index contributed by atoms with van der Waals surface area (Å²) in [5, 5.41) is 3.59. The van der Waals surface area contributed by atoms with E-state index in [-0.39, 0.29) is 0 Å². The Morgan fingerprint density at radius 1 is 1.44 bits per heavy atom. The lowest BCUT2D eigenvalue weighted by Crippen LogP contribution is -2.34. The van der Waals surface area contributed by atoms with E-state index >= 15 is 0 Å². The molecule has 0 radical (unpaired) electrons. The molecule has 1 heterocycles.